The highest BCUT2D eigenvalue weighted by Gasteiger charge is 2.30. The Morgan fingerprint density at radius 1 is 1.06 bits per heavy atom. The van der Waals surface area contributed by atoms with Crippen LogP contribution in [0.5, 0.6) is 11.5 Å². The molecule has 0 saturated carbocycles. The summed E-state index contributed by atoms with van der Waals surface area (Å²) in [6.45, 7) is 5.98. The first-order valence-corrected chi connectivity index (χ1v) is 12.8. The molecule has 34 heavy (non-hydrogen) atoms. The van der Waals surface area contributed by atoms with Crippen molar-refractivity contribution in [2.45, 2.75) is 29.2 Å². The van der Waals surface area contributed by atoms with Gasteiger partial charge in [0, 0.05) is 47.0 Å². The summed E-state index contributed by atoms with van der Waals surface area (Å²) in [6, 6.07) is 20.6. The van der Waals surface area contributed by atoms with Crippen molar-refractivity contribution in [3.63, 3.8) is 0 Å². The van der Waals surface area contributed by atoms with Gasteiger partial charge in [-0.05, 0) is 72.5 Å². The lowest BCUT2D eigenvalue weighted by atomic mass is 9.97. The van der Waals surface area contributed by atoms with Crippen molar-refractivity contribution in [2.24, 2.45) is 5.10 Å². The molecular formula is C27H28ClN3O2S. The third-order valence-corrected chi connectivity index (χ3v) is 7.77. The summed E-state index contributed by atoms with van der Waals surface area (Å²) < 4.78 is 5.48. The molecule has 1 saturated heterocycles. The molecule has 5 rings (SSSR count). The lowest BCUT2D eigenvalue weighted by Gasteiger charge is -2.38. The van der Waals surface area contributed by atoms with Crippen LogP contribution in [0.2, 0.25) is 5.02 Å². The number of hydrogen-bond donors (Lipinski definition) is 1. The number of phenolic OH excluding ortho intramolecular Hbond substituents is 1. The van der Waals surface area contributed by atoms with Crippen molar-refractivity contribution in [1.29, 1.82) is 0 Å². The predicted molar refractivity (Wildman–Crippen MR) is 138 cm³/mol. The molecule has 3 aromatic rings. The van der Waals surface area contributed by atoms with Crippen LogP contribution < -0.4 is 4.74 Å². The van der Waals surface area contributed by atoms with Gasteiger partial charge < -0.3 is 9.84 Å². The van der Waals surface area contributed by atoms with E-state index in [0.29, 0.717) is 18.4 Å². The zero-order valence-electron chi connectivity index (χ0n) is 19.2. The van der Waals surface area contributed by atoms with Gasteiger partial charge in [0.05, 0.1) is 12.8 Å². The molecule has 1 N–H and O–H groups in total. The zero-order valence-corrected chi connectivity index (χ0v) is 20.7. The molecule has 1 unspecified atom stereocenters. The summed E-state index contributed by atoms with van der Waals surface area (Å²) in [4.78, 5) is 5.19. The number of rotatable bonds is 5. The lowest BCUT2D eigenvalue weighted by molar-refractivity contribution is 0.0970. The van der Waals surface area contributed by atoms with E-state index in [4.69, 9.17) is 21.4 Å². The second kappa shape index (κ2) is 10.3. The van der Waals surface area contributed by atoms with E-state index in [2.05, 4.69) is 46.3 Å². The largest absolute Gasteiger partial charge is 0.504 e. The highest BCUT2D eigenvalue weighted by Crippen LogP contribution is 2.43. The van der Waals surface area contributed by atoms with E-state index >= 15 is 0 Å². The maximum Gasteiger partial charge on any atom is 0.161 e. The Kier molecular flexibility index (Phi) is 6.99. The smallest absolute Gasteiger partial charge is 0.161 e. The van der Waals surface area contributed by atoms with Gasteiger partial charge in [-0.3, -0.25) is 9.91 Å². The summed E-state index contributed by atoms with van der Waals surface area (Å²) in [5.41, 5.74) is 3.62. The molecule has 7 heteroatoms. The first-order valence-electron chi connectivity index (χ1n) is 11.6. The van der Waals surface area contributed by atoms with E-state index in [0.717, 1.165) is 43.2 Å². The van der Waals surface area contributed by atoms with Gasteiger partial charge in [0.2, 0.25) is 0 Å². The van der Waals surface area contributed by atoms with Crippen molar-refractivity contribution >= 4 is 29.6 Å². The number of hydrazone groups is 1. The van der Waals surface area contributed by atoms with Crippen molar-refractivity contribution in [3.8, 4) is 11.5 Å². The molecule has 2 heterocycles. The van der Waals surface area contributed by atoms with Crippen LogP contribution in [0, 0.1) is 0 Å². The van der Waals surface area contributed by atoms with Crippen LogP contribution in [-0.2, 0) is 6.42 Å². The van der Waals surface area contributed by atoms with E-state index in [1.807, 2.05) is 43.1 Å². The number of piperazine rings is 1. The zero-order chi connectivity index (χ0) is 23.5. The van der Waals surface area contributed by atoms with E-state index in [-0.39, 0.29) is 5.75 Å². The Morgan fingerprint density at radius 3 is 2.71 bits per heavy atom. The van der Waals surface area contributed by atoms with Crippen LogP contribution in [0.3, 0.4) is 0 Å². The third-order valence-electron chi connectivity index (χ3n) is 6.32. The summed E-state index contributed by atoms with van der Waals surface area (Å²) in [5.74, 6) is 0.635. The van der Waals surface area contributed by atoms with Gasteiger partial charge in [0.25, 0.3) is 0 Å². The number of nitrogens with zero attached hydrogens (tertiary/aromatic N) is 3. The lowest BCUT2D eigenvalue weighted by Crippen LogP contribution is -2.46. The first-order chi connectivity index (χ1) is 16.6. The molecule has 0 aliphatic carbocycles. The Morgan fingerprint density at radius 2 is 1.88 bits per heavy atom. The fraction of sp³-hybridized carbons (Fsp3) is 0.296. The van der Waals surface area contributed by atoms with E-state index < -0.39 is 0 Å². The second-order valence-electron chi connectivity index (χ2n) is 8.51. The van der Waals surface area contributed by atoms with Gasteiger partial charge in [-0.15, -0.1) is 0 Å². The fourth-order valence-electron chi connectivity index (χ4n) is 4.58. The number of aromatic hydroxyl groups is 1. The molecule has 1 atom stereocenters. The van der Waals surface area contributed by atoms with Gasteiger partial charge in [-0.1, -0.05) is 41.6 Å². The molecule has 5 nitrogen and oxygen atoms in total. The summed E-state index contributed by atoms with van der Waals surface area (Å²) in [5, 5.41) is 17.5. The highest BCUT2D eigenvalue weighted by molar-refractivity contribution is 7.99. The number of fused-ring (bicyclic) bond motifs is 2. The molecule has 2 aliphatic heterocycles. The Bertz CT molecular complexity index is 1190. The van der Waals surface area contributed by atoms with E-state index in [9.17, 15) is 5.11 Å². The molecule has 0 radical (unpaired) electrons. The van der Waals surface area contributed by atoms with Crippen LogP contribution in [0.15, 0.2) is 75.6 Å². The third kappa shape index (κ3) is 5.04. The topological polar surface area (TPSA) is 48.3 Å². The SMILES string of the molecule is CCOc1cc(C=NN2CCN(C3Cc4ccccc4Sc4ccc(Cl)cc43)CC2)ccc1O. The monoisotopic (exact) mass is 493 g/mol. The molecular weight excluding hydrogens is 466 g/mol. The number of halogens is 1. The summed E-state index contributed by atoms with van der Waals surface area (Å²) in [6.07, 6.45) is 2.82. The van der Waals surface area contributed by atoms with Crippen LogP contribution in [0.25, 0.3) is 0 Å². The second-order valence-corrected chi connectivity index (χ2v) is 10.0. The maximum atomic E-state index is 9.91. The van der Waals surface area contributed by atoms with Gasteiger partial charge in [0.15, 0.2) is 11.5 Å². The molecule has 0 spiro atoms. The first kappa shape index (κ1) is 23.1. The average Bonchev–Trinajstić information content (AvgIpc) is 3.01. The molecule has 176 valence electrons. The Labute approximate surface area is 210 Å². The molecule has 3 aromatic carbocycles. The summed E-state index contributed by atoms with van der Waals surface area (Å²) in [7, 11) is 0. The van der Waals surface area contributed by atoms with Crippen molar-refractivity contribution < 1.29 is 9.84 Å². The van der Waals surface area contributed by atoms with Gasteiger partial charge in [-0.2, -0.15) is 5.10 Å². The van der Waals surface area contributed by atoms with Crippen molar-refractivity contribution in [2.75, 3.05) is 32.8 Å². The highest BCUT2D eigenvalue weighted by atomic mass is 35.5. The number of phenols is 1. The minimum Gasteiger partial charge on any atom is -0.504 e. The van der Waals surface area contributed by atoms with Gasteiger partial charge in [0.1, 0.15) is 0 Å². The van der Waals surface area contributed by atoms with Crippen LogP contribution >= 0.6 is 23.4 Å². The quantitative estimate of drug-likeness (QED) is 0.452. The average molecular weight is 494 g/mol. The standard InChI is InChI=1S/C27H28ClN3O2S/c1-2-33-25-15-19(7-9-24(25)32)18-29-31-13-11-30(12-14-31)23-16-20-5-3-4-6-26(20)34-27-10-8-21(28)17-22(23)27/h3-10,15,17-18,23,32H,2,11-14,16H2,1H3. The van der Waals surface area contributed by atoms with Crippen molar-refractivity contribution in [1.82, 2.24) is 9.91 Å². The molecule has 2 aliphatic rings. The Hall–Kier alpha value is -2.67. The van der Waals surface area contributed by atoms with Crippen LogP contribution in [0.4, 0.5) is 0 Å². The number of benzene rings is 3. The number of hydrogen-bond acceptors (Lipinski definition) is 6. The van der Waals surface area contributed by atoms with Gasteiger partial charge >= 0.3 is 0 Å². The van der Waals surface area contributed by atoms with Crippen molar-refractivity contribution in [3.05, 3.63) is 82.4 Å². The van der Waals surface area contributed by atoms with E-state index in [1.54, 1.807) is 6.07 Å². The minimum absolute atomic E-state index is 0.149. The number of ether oxygens (including phenoxy) is 1. The Balaban J connectivity index is 1.30. The molecule has 1 fully saturated rings. The predicted octanol–water partition coefficient (Wildman–Crippen LogP) is 5.84. The van der Waals surface area contributed by atoms with Crippen LogP contribution in [0.1, 0.15) is 29.7 Å². The normalized spacial score (nSPS) is 18.4. The molecule has 0 aromatic heterocycles. The maximum absolute atomic E-state index is 9.91. The van der Waals surface area contributed by atoms with E-state index in [1.165, 1.54) is 20.9 Å². The molecule has 0 amide bonds. The fourth-order valence-corrected chi connectivity index (χ4v) is 5.87. The molecule has 0 bridgehead atoms. The van der Waals surface area contributed by atoms with Crippen LogP contribution in [-0.4, -0.2) is 54.0 Å². The minimum atomic E-state index is 0.149. The van der Waals surface area contributed by atoms with Gasteiger partial charge in [-0.25, -0.2) is 0 Å². The summed E-state index contributed by atoms with van der Waals surface area (Å²) >= 11 is 8.27.